The summed E-state index contributed by atoms with van der Waals surface area (Å²) < 4.78 is 5.39. The predicted octanol–water partition coefficient (Wildman–Crippen LogP) is 2.15. The molecule has 1 heterocycles. The molecule has 1 N–H and O–H groups in total. The van der Waals surface area contributed by atoms with Crippen LogP contribution in [0.5, 0.6) is 11.6 Å². The number of aromatic nitrogens is 2. The lowest BCUT2D eigenvalue weighted by Crippen LogP contribution is -2.02. The normalized spacial score (nSPS) is 9.68. The van der Waals surface area contributed by atoms with Crippen molar-refractivity contribution in [3.05, 3.63) is 47.4 Å². The summed E-state index contributed by atoms with van der Waals surface area (Å²) in [5.74, 6) is -0.941. The molecule has 0 saturated carbocycles. The summed E-state index contributed by atoms with van der Waals surface area (Å²) in [6, 6.07) is 6.62. The third-order valence-electron chi connectivity index (χ3n) is 2.37. The molecule has 0 amide bonds. The van der Waals surface area contributed by atoms with Gasteiger partial charge in [0.2, 0.25) is 5.88 Å². The lowest BCUT2D eigenvalue weighted by Gasteiger charge is -2.09. The van der Waals surface area contributed by atoms with Gasteiger partial charge in [-0.3, -0.25) is 0 Å². The lowest BCUT2D eigenvalue weighted by atomic mass is 10.1. The van der Waals surface area contributed by atoms with Gasteiger partial charge in [0.05, 0.1) is 6.20 Å². The Morgan fingerprint density at radius 2 is 2.26 bits per heavy atom. The molecule has 0 aliphatic rings. The first-order valence-corrected chi connectivity index (χ1v) is 5.33. The van der Waals surface area contributed by atoms with Crippen LogP contribution in [0, 0.1) is 18.3 Å². The fourth-order valence-corrected chi connectivity index (χ4v) is 1.48. The minimum absolute atomic E-state index is 0.0162. The third-order valence-corrected chi connectivity index (χ3v) is 2.37. The van der Waals surface area contributed by atoms with E-state index in [4.69, 9.17) is 15.1 Å². The van der Waals surface area contributed by atoms with Crippen LogP contribution in [0.15, 0.2) is 30.7 Å². The number of aromatic carboxylic acids is 1. The van der Waals surface area contributed by atoms with Crippen LogP contribution in [-0.2, 0) is 0 Å². The van der Waals surface area contributed by atoms with Gasteiger partial charge in [-0.05, 0) is 19.1 Å². The quantitative estimate of drug-likeness (QED) is 0.902. The summed E-state index contributed by atoms with van der Waals surface area (Å²) in [5.41, 5.74) is 0.954. The van der Waals surface area contributed by atoms with Crippen molar-refractivity contribution in [2.45, 2.75) is 6.92 Å². The Bertz CT molecular complexity index is 677. The number of aryl methyl sites for hydroxylation is 1. The Morgan fingerprint density at radius 3 is 2.95 bits per heavy atom. The average molecular weight is 255 g/mol. The Balaban J connectivity index is 2.44. The lowest BCUT2D eigenvalue weighted by molar-refractivity contribution is 0.0694. The van der Waals surface area contributed by atoms with Crippen LogP contribution in [0.3, 0.4) is 0 Å². The first-order valence-electron chi connectivity index (χ1n) is 5.33. The third kappa shape index (κ3) is 2.66. The number of hydrogen-bond donors (Lipinski definition) is 1. The van der Waals surface area contributed by atoms with Crippen LogP contribution in [0.4, 0.5) is 0 Å². The summed E-state index contributed by atoms with van der Waals surface area (Å²) in [6.45, 7) is 1.78. The number of nitriles is 1. The van der Waals surface area contributed by atoms with Gasteiger partial charge in [0.25, 0.3) is 0 Å². The van der Waals surface area contributed by atoms with Crippen molar-refractivity contribution < 1.29 is 14.6 Å². The molecule has 0 bridgehead atoms. The number of ether oxygens (including phenoxy) is 1. The average Bonchev–Trinajstić information content (AvgIpc) is 2.41. The monoisotopic (exact) mass is 255 g/mol. The second-order valence-electron chi connectivity index (χ2n) is 3.76. The summed E-state index contributed by atoms with van der Waals surface area (Å²) >= 11 is 0. The zero-order chi connectivity index (χ0) is 13.8. The molecule has 0 saturated heterocycles. The predicted molar refractivity (Wildman–Crippen MR) is 65.0 cm³/mol. The number of carboxylic acid groups (broad SMARTS) is 1. The molecule has 6 nitrogen and oxygen atoms in total. The van der Waals surface area contributed by atoms with E-state index in [2.05, 4.69) is 9.97 Å². The number of nitrogens with zero attached hydrogens (tertiary/aromatic N) is 3. The fraction of sp³-hybridized carbons (Fsp3) is 0.0769. The Kier molecular flexibility index (Phi) is 3.39. The van der Waals surface area contributed by atoms with Crippen LogP contribution < -0.4 is 4.74 Å². The molecular weight excluding hydrogens is 246 g/mol. The van der Waals surface area contributed by atoms with Crippen molar-refractivity contribution in [2.75, 3.05) is 0 Å². The maximum Gasteiger partial charge on any atom is 0.339 e. The van der Waals surface area contributed by atoms with Gasteiger partial charge in [0, 0.05) is 0 Å². The van der Waals surface area contributed by atoms with Crippen molar-refractivity contribution in [2.24, 2.45) is 0 Å². The van der Waals surface area contributed by atoms with Gasteiger partial charge >= 0.3 is 5.97 Å². The van der Waals surface area contributed by atoms with Crippen molar-refractivity contribution in [3.8, 4) is 17.7 Å². The molecule has 0 radical (unpaired) electrons. The van der Waals surface area contributed by atoms with E-state index >= 15 is 0 Å². The van der Waals surface area contributed by atoms with Gasteiger partial charge in [-0.2, -0.15) is 5.26 Å². The van der Waals surface area contributed by atoms with E-state index in [-0.39, 0.29) is 22.8 Å². The van der Waals surface area contributed by atoms with Crippen molar-refractivity contribution >= 4 is 5.97 Å². The van der Waals surface area contributed by atoms with Gasteiger partial charge in [-0.15, -0.1) is 0 Å². The molecule has 0 fully saturated rings. The highest BCUT2D eigenvalue weighted by atomic mass is 16.5. The van der Waals surface area contributed by atoms with Crippen LogP contribution in [0.1, 0.15) is 21.5 Å². The molecule has 2 rings (SSSR count). The highest BCUT2D eigenvalue weighted by Gasteiger charge is 2.14. The Hall–Kier alpha value is -2.94. The smallest absolute Gasteiger partial charge is 0.339 e. The maximum absolute atomic E-state index is 11.1. The van der Waals surface area contributed by atoms with Crippen molar-refractivity contribution in [3.63, 3.8) is 0 Å². The molecule has 1 aromatic carbocycles. The second kappa shape index (κ2) is 5.14. The second-order valence-corrected chi connectivity index (χ2v) is 3.76. The molecule has 0 spiro atoms. The molecule has 0 unspecified atom stereocenters. The number of hydrogen-bond acceptors (Lipinski definition) is 5. The van der Waals surface area contributed by atoms with E-state index in [0.717, 1.165) is 5.56 Å². The van der Waals surface area contributed by atoms with Gasteiger partial charge < -0.3 is 9.84 Å². The molecule has 6 heteroatoms. The minimum Gasteiger partial charge on any atom is -0.478 e. The standard InChI is InChI=1S/C13H9N3O3/c1-8-2-3-11(10(4-8)13(17)18)19-12-9(5-14)6-15-7-16-12/h2-4,6-7H,1H3,(H,17,18). The van der Waals surface area contributed by atoms with Crippen molar-refractivity contribution in [1.82, 2.24) is 9.97 Å². The van der Waals surface area contributed by atoms with E-state index in [0.29, 0.717) is 0 Å². The molecule has 0 aliphatic heterocycles. The Morgan fingerprint density at radius 1 is 1.47 bits per heavy atom. The summed E-state index contributed by atoms with van der Waals surface area (Å²) in [5, 5.41) is 18.0. The molecule has 2 aromatic rings. The molecule has 94 valence electrons. The molecule has 1 aromatic heterocycles. The zero-order valence-corrected chi connectivity index (χ0v) is 9.99. The SMILES string of the molecule is Cc1ccc(Oc2ncncc2C#N)c(C(=O)O)c1. The topological polar surface area (TPSA) is 96.1 Å². The summed E-state index contributed by atoms with van der Waals surface area (Å²) in [7, 11) is 0. The van der Waals surface area contributed by atoms with Gasteiger partial charge in [0.1, 0.15) is 29.3 Å². The van der Waals surface area contributed by atoms with Crippen LogP contribution in [0.2, 0.25) is 0 Å². The van der Waals surface area contributed by atoms with E-state index in [1.165, 1.54) is 24.7 Å². The number of carboxylic acids is 1. The number of benzene rings is 1. The number of carbonyl (C=O) groups is 1. The van der Waals surface area contributed by atoms with Crippen LogP contribution >= 0.6 is 0 Å². The summed E-state index contributed by atoms with van der Waals surface area (Å²) in [6.07, 6.45) is 2.53. The first kappa shape index (κ1) is 12.5. The highest BCUT2D eigenvalue weighted by Crippen LogP contribution is 2.26. The molecule has 0 atom stereocenters. The fourth-order valence-electron chi connectivity index (χ4n) is 1.48. The van der Waals surface area contributed by atoms with E-state index < -0.39 is 5.97 Å². The maximum atomic E-state index is 11.1. The molecule has 0 aliphatic carbocycles. The molecular formula is C13H9N3O3. The van der Waals surface area contributed by atoms with E-state index in [1.807, 2.05) is 6.07 Å². The minimum atomic E-state index is -1.11. The van der Waals surface area contributed by atoms with E-state index in [9.17, 15) is 4.79 Å². The number of rotatable bonds is 3. The van der Waals surface area contributed by atoms with Crippen molar-refractivity contribution in [1.29, 1.82) is 5.26 Å². The zero-order valence-electron chi connectivity index (χ0n) is 9.99. The first-order chi connectivity index (χ1) is 9.11. The summed E-state index contributed by atoms with van der Waals surface area (Å²) in [4.78, 5) is 18.7. The largest absolute Gasteiger partial charge is 0.478 e. The van der Waals surface area contributed by atoms with Gasteiger partial charge in [-0.25, -0.2) is 14.8 Å². The highest BCUT2D eigenvalue weighted by molar-refractivity contribution is 5.91. The van der Waals surface area contributed by atoms with Gasteiger partial charge in [0.15, 0.2) is 0 Å². The van der Waals surface area contributed by atoms with Gasteiger partial charge in [-0.1, -0.05) is 11.6 Å². The Labute approximate surface area is 108 Å². The van der Waals surface area contributed by atoms with Crippen LogP contribution in [0.25, 0.3) is 0 Å². The van der Waals surface area contributed by atoms with Crippen LogP contribution in [-0.4, -0.2) is 21.0 Å². The molecule has 19 heavy (non-hydrogen) atoms. The van der Waals surface area contributed by atoms with E-state index in [1.54, 1.807) is 13.0 Å².